The van der Waals surface area contributed by atoms with E-state index in [2.05, 4.69) is 4.74 Å². The Kier molecular flexibility index (Phi) is 4.82. The topological polar surface area (TPSA) is 63.6 Å². The van der Waals surface area contributed by atoms with Gasteiger partial charge in [-0.25, -0.2) is 4.39 Å². The Morgan fingerprint density at radius 1 is 1.50 bits per heavy atom. The molecular weight excluding hydrogens is 225 g/mol. The van der Waals surface area contributed by atoms with Gasteiger partial charge in [-0.15, -0.1) is 0 Å². The van der Waals surface area contributed by atoms with Crippen molar-refractivity contribution in [1.29, 1.82) is 0 Å². The molecule has 0 fully saturated rings. The largest absolute Gasteiger partial charge is 0.400 e. The van der Waals surface area contributed by atoms with Crippen molar-refractivity contribution in [2.75, 3.05) is 13.2 Å². The number of hydrogen-bond donors (Lipinski definition) is 1. The Morgan fingerprint density at radius 2 is 2.00 bits per heavy atom. The van der Waals surface area contributed by atoms with Crippen molar-refractivity contribution >= 4 is 10.1 Å². The SMILES string of the molecule is CCOCCC(F)C(F)(F)S(=O)(=O)O. The van der Waals surface area contributed by atoms with Gasteiger partial charge in [0.15, 0.2) is 6.17 Å². The molecule has 0 bridgehead atoms. The highest BCUT2D eigenvalue weighted by Crippen LogP contribution is 2.29. The first-order chi connectivity index (χ1) is 6.23. The van der Waals surface area contributed by atoms with Crippen LogP contribution in [0.1, 0.15) is 13.3 Å². The summed E-state index contributed by atoms with van der Waals surface area (Å²) < 4.78 is 70.3. The second-order valence-electron chi connectivity index (χ2n) is 2.49. The van der Waals surface area contributed by atoms with Gasteiger partial charge in [-0.1, -0.05) is 0 Å². The third-order valence-corrected chi connectivity index (χ3v) is 2.37. The van der Waals surface area contributed by atoms with E-state index in [1.807, 2.05) is 0 Å². The molecule has 8 heteroatoms. The predicted octanol–water partition coefficient (Wildman–Crippen LogP) is 1.23. The van der Waals surface area contributed by atoms with Gasteiger partial charge in [0, 0.05) is 19.6 Å². The highest BCUT2D eigenvalue weighted by Gasteiger charge is 2.52. The zero-order valence-corrected chi connectivity index (χ0v) is 8.23. The first kappa shape index (κ1) is 13.7. The summed E-state index contributed by atoms with van der Waals surface area (Å²) in [5, 5.41) is -4.77. The molecule has 0 spiro atoms. The van der Waals surface area contributed by atoms with Crippen LogP contribution in [0.5, 0.6) is 0 Å². The summed E-state index contributed by atoms with van der Waals surface area (Å²) in [5.74, 6) is 0. The van der Waals surface area contributed by atoms with Gasteiger partial charge in [-0.3, -0.25) is 4.55 Å². The number of hydrogen-bond acceptors (Lipinski definition) is 3. The van der Waals surface area contributed by atoms with Gasteiger partial charge in [0.05, 0.1) is 0 Å². The molecule has 0 saturated heterocycles. The molecule has 0 aromatic heterocycles. The van der Waals surface area contributed by atoms with Gasteiger partial charge in [0.25, 0.3) is 0 Å². The minimum atomic E-state index is -5.70. The Morgan fingerprint density at radius 3 is 2.36 bits per heavy atom. The van der Waals surface area contributed by atoms with Crippen molar-refractivity contribution in [2.45, 2.75) is 24.8 Å². The lowest BCUT2D eigenvalue weighted by Gasteiger charge is -2.16. The van der Waals surface area contributed by atoms with Crippen molar-refractivity contribution in [3.8, 4) is 0 Å². The van der Waals surface area contributed by atoms with Crippen LogP contribution in [0.15, 0.2) is 0 Å². The van der Waals surface area contributed by atoms with Crippen LogP contribution >= 0.6 is 0 Å². The molecule has 0 aliphatic rings. The van der Waals surface area contributed by atoms with Crippen LogP contribution in [0.2, 0.25) is 0 Å². The van der Waals surface area contributed by atoms with E-state index in [1.165, 1.54) is 0 Å². The Bertz CT molecular complexity index is 264. The van der Waals surface area contributed by atoms with E-state index in [0.29, 0.717) is 0 Å². The maximum atomic E-state index is 12.6. The van der Waals surface area contributed by atoms with Crippen molar-refractivity contribution in [3.63, 3.8) is 0 Å². The van der Waals surface area contributed by atoms with Crippen molar-refractivity contribution in [2.24, 2.45) is 0 Å². The zero-order valence-electron chi connectivity index (χ0n) is 7.41. The van der Waals surface area contributed by atoms with E-state index in [0.717, 1.165) is 0 Å². The van der Waals surface area contributed by atoms with Gasteiger partial charge in [-0.2, -0.15) is 17.2 Å². The lowest BCUT2D eigenvalue weighted by atomic mass is 10.3. The summed E-state index contributed by atoms with van der Waals surface area (Å²) >= 11 is 0. The smallest absolute Gasteiger partial charge is 0.382 e. The van der Waals surface area contributed by atoms with E-state index >= 15 is 0 Å². The second-order valence-corrected chi connectivity index (χ2v) is 3.98. The number of alkyl halides is 3. The highest BCUT2D eigenvalue weighted by atomic mass is 32.2. The lowest BCUT2D eigenvalue weighted by Crippen LogP contribution is -2.39. The minimum absolute atomic E-state index is 0.212. The summed E-state index contributed by atoms with van der Waals surface area (Å²) in [6.45, 7) is 1.46. The fourth-order valence-electron chi connectivity index (χ4n) is 0.661. The van der Waals surface area contributed by atoms with Crippen molar-refractivity contribution < 1.29 is 30.9 Å². The molecule has 0 aliphatic heterocycles. The molecule has 0 heterocycles. The lowest BCUT2D eigenvalue weighted by molar-refractivity contribution is -0.0181. The second kappa shape index (κ2) is 4.94. The molecular formula is C6H11F3O4S. The van der Waals surface area contributed by atoms with Crippen molar-refractivity contribution in [1.82, 2.24) is 0 Å². The van der Waals surface area contributed by atoms with Gasteiger partial charge in [0.1, 0.15) is 0 Å². The third kappa shape index (κ3) is 3.43. The molecule has 1 atom stereocenters. The Balaban J connectivity index is 4.30. The summed E-state index contributed by atoms with van der Waals surface area (Å²) in [6.07, 6.45) is -3.76. The maximum absolute atomic E-state index is 12.6. The van der Waals surface area contributed by atoms with E-state index in [1.54, 1.807) is 6.92 Å². The molecule has 0 radical (unpaired) electrons. The fourth-order valence-corrected chi connectivity index (χ4v) is 1.10. The van der Waals surface area contributed by atoms with Crippen molar-refractivity contribution in [3.05, 3.63) is 0 Å². The fraction of sp³-hybridized carbons (Fsp3) is 1.00. The van der Waals surface area contributed by atoms with Gasteiger partial charge >= 0.3 is 15.4 Å². The van der Waals surface area contributed by atoms with Crippen LogP contribution in [0.4, 0.5) is 13.2 Å². The molecule has 1 unspecified atom stereocenters. The van der Waals surface area contributed by atoms with Gasteiger partial charge < -0.3 is 4.74 Å². The monoisotopic (exact) mass is 236 g/mol. The Hall–Kier alpha value is -0.340. The van der Waals surface area contributed by atoms with E-state index in [9.17, 15) is 21.6 Å². The predicted molar refractivity (Wildman–Crippen MR) is 42.5 cm³/mol. The molecule has 0 aliphatic carbocycles. The highest BCUT2D eigenvalue weighted by molar-refractivity contribution is 7.86. The summed E-state index contributed by atoms with van der Waals surface area (Å²) in [7, 11) is -5.70. The summed E-state index contributed by atoms with van der Waals surface area (Å²) in [5.41, 5.74) is 0. The zero-order chi connectivity index (χ0) is 11.4. The van der Waals surface area contributed by atoms with Crippen LogP contribution in [0, 0.1) is 0 Å². The molecule has 0 amide bonds. The van der Waals surface area contributed by atoms with Crippen LogP contribution in [-0.4, -0.2) is 37.6 Å². The molecule has 14 heavy (non-hydrogen) atoms. The first-order valence-electron chi connectivity index (χ1n) is 3.80. The molecule has 0 rings (SSSR count). The average molecular weight is 236 g/mol. The van der Waals surface area contributed by atoms with Gasteiger partial charge in [0.2, 0.25) is 0 Å². The first-order valence-corrected chi connectivity index (χ1v) is 5.24. The standard InChI is InChI=1S/C6H11F3O4S/c1-2-13-4-3-5(7)6(8,9)14(10,11)12/h5H,2-4H2,1H3,(H,10,11,12). The average Bonchev–Trinajstić information content (AvgIpc) is 2.02. The normalized spacial score (nSPS) is 15.5. The molecule has 4 nitrogen and oxygen atoms in total. The summed E-state index contributed by atoms with van der Waals surface area (Å²) in [6, 6.07) is 0. The number of rotatable bonds is 6. The number of halogens is 3. The Labute approximate surface area is 79.8 Å². The van der Waals surface area contributed by atoms with Crippen LogP contribution in [0.3, 0.4) is 0 Å². The third-order valence-electron chi connectivity index (χ3n) is 1.43. The van der Waals surface area contributed by atoms with Crippen LogP contribution in [0.25, 0.3) is 0 Å². The molecule has 1 N–H and O–H groups in total. The molecule has 0 aromatic rings. The molecule has 0 aromatic carbocycles. The number of ether oxygens (including phenoxy) is 1. The van der Waals surface area contributed by atoms with Crippen LogP contribution in [-0.2, 0) is 14.9 Å². The van der Waals surface area contributed by atoms with E-state index in [4.69, 9.17) is 4.55 Å². The van der Waals surface area contributed by atoms with Crippen LogP contribution < -0.4 is 0 Å². The molecule has 0 saturated carbocycles. The van der Waals surface area contributed by atoms with Gasteiger partial charge in [-0.05, 0) is 6.92 Å². The minimum Gasteiger partial charge on any atom is -0.382 e. The van der Waals surface area contributed by atoms with E-state index in [-0.39, 0.29) is 13.2 Å². The van der Waals surface area contributed by atoms with E-state index < -0.39 is 28.0 Å². The molecule has 86 valence electrons. The maximum Gasteiger partial charge on any atom is 0.400 e. The summed E-state index contributed by atoms with van der Waals surface area (Å²) in [4.78, 5) is 0. The quantitative estimate of drug-likeness (QED) is 0.556.